The number of thioether (sulfide) groups is 1. The smallest absolute Gasteiger partial charge is 0.390 e. The summed E-state index contributed by atoms with van der Waals surface area (Å²) in [6.45, 7) is 4.94. The predicted octanol–water partition coefficient (Wildman–Crippen LogP) is 4.41. The first-order valence-electron chi connectivity index (χ1n) is 15.0. The Labute approximate surface area is 259 Å². The Morgan fingerprint density at radius 1 is 1.11 bits per heavy atom. The van der Waals surface area contributed by atoms with Gasteiger partial charge in [-0.05, 0) is 44.0 Å². The maximum absolute atomic E-state index is 14.0. The van der Waals surface area contributed by atoms with Gasteiger partial charge in [0.2, 0.25) is 10.0 Å². The summed E-state index contributed by atoms with van der Waals surface area (Å²) in [6, 6.07) is 3.74. The summed E-state index contributed by atoms with van der Waals surface area (Å²) in [4.78, 5) is 3.73. The van der Waals surface area contributed by atoms with Crippen molar-refractivity contribution in [3.05, 3.63) is 35.0 Å². The average Bonchev–Trinajstić information content (AvgIpc) is 3.47. The Balaban J connectivity index is 1.42. The number of aliphatic hydroxyl groups is 1. The van der Waals surface area contributed by atoms with Crippen molar-refractivity contribution >= 4 is 21.8 Å². The van der Waals surface area contributed by atoms with E-state index in [0.717, 1.165) is 55.7 Å². The summed E-state index contributed by atoms with van der Waals surface area (Å²) in [5, 5.41) is 15.7. The van der Waals surface area contributed by atoms with E-state index in [9.17, 15) is 35.5 Å². The number of β-amino-alcohol motifs (C(OH)–C–C–N with tert-alkyl or cyclic N) is 1. The Bertz CT molecular complexity index is 1430. The number of hydrogen-bond donors (Lipinski definition) is 1. The zero-order valence-electron chi connectivity index (χ0n) is 25.0. The van der Waals surface area contributed by atoms with Gasteiger partial charge in [-0.25, -0.2) is 17.2 Å². The van der Waals surface area contributed by atoms with Crippen LogP contribution in [0.3, 0.4) is 0 Å². The Morgan fingerprint density at radius 3 is 2.48 bits per heavy atom. The second-order valence-corrected chi connectivity index (χ2v) is 15.5. The molecule has 2 saturated heterocycles. The van der Waals surface area contributed by atoms with E-state index >= 15 is 0 Å². The molecule has 0 aliphatic carbocycles. The molecule has 0 radical (unpaired) electrons. The fourth-order valence-corrected chi connectivity index (χ4v) is 8.14. The van der Waals surface area contributed by atoms with E-state index in [1.54, 1.807) is 9.58 Å². The number of piperidine rings is 1. The number of fused-ring (bicyclic) bond motifs is 1. The van der Waals surface area contributed by atoms with Gasteiger partial charge in [-0.15, -0.1) is 11.8 Å². The monoisotopic (exact) mass is 665 g/mol. The molecule has 0 amide bonds. The van der Waals surface area contributed by atoms with Gasteiger partial charge in [0, 0.05) is 73.0 Å². The van der Waals surface area contributed by atoms with Crippen molar-refractivity contribution in [3.8, 4) is 11.3 Å². The summed E-state index contributed by atoms with van der Waals surface area (Å²) in [5.41, 5.74) is 1.32. The molecule has 3 aliphatic rings. The van der Waals surface area contributed by atoms with Gasteiger partial charge in [-0.2, -0.15) is 22.6 Å². The van der Waals surface area contributed by atoms with Crippen LogP contribution in [-0.2, 0) is 35.7 Å². The second-order valence-electron chi connectivity index (χ2n) is 12.4. The molecule has 15 heteroatoms. The molecule has 0 saturated carbocycles. The number of rotatable bonds is 10. The minimum atomic E-state index is -4.62. The van der Waals surface area contributed by atoms with Crippen molar-refractivity contribution in [2.75, 3.05) is 57.8 Å². The van der Waals surface area contributed by atoms with Crippen LogP contribution < -0.4 is 0 Å². The molecule has 0 spiro atoms. The second kappa shape index (κ2) is 13.1. The number of benzene rings is 1. The molecule has 8 nitrogen and oxygen atoms in total. The number of aliphatic hydroxyl groups excluding tert-OH is 1. The van der Waals surface area contributed by atoms with Crippen molar-refractivity contribution in [2.24, 2.45) is 5.92 Å². The highest BCUT2D eigenvalue weighted by atomic mass is 32.2. The summed E-state index contributed by atoms with van der Waals surface area (Å²) < 4.78 is 97.0. The van der Waals surface area contributed by atoms with Crippen molar-refractivity contribution in [1.29, 1.82) is 0 Å². The van der Waals surface area contributed by atoms with E-state index in [2.05, 4.69) is 11.8 Å². The van der Waals surface area contributed by atoms with Gasteiger partial charge in [0.25, 0.3) is 5.92 Å². The third-order valence-corrected chi connectivity index (χ3v) is 11.1. The maximum Gasteiger partial charge on any atom is 0.417 e. The molecule has 44 heavy (non-hydrogen) atoms. The molecule has 1 atom stereocenters. The molecule has 5 rings (SSSR count). The van der Waals surface area contributed by atoms with Crippen LogP contribution in [0.4, 0.5) is 22.0 Å². The van der Waals surface area contributed by atoms with Crippen molar-refractivity contribution in [2.45, 2.75) is 68.8 Å². The number of aromatic nitrogens is 2. The third-order valence-electron chi connectivity index (χ3n) is 8.77. The van der Waals surface area contributed by atoms with E-state index < -0.39 is 40.3 Å². The van der Waals surface area contributed by atoms with Gasteiger partial charge in [0.05, 0.1) is 36.7 Å². The Hall–Kier alpha value is -1.78. The molecule has 3 aliphatic heterocycles. The molecule has 246 valence electrons. The normalized spacial score (nSPS) is 21.5. The van der Waals surface area contributed by atoms with Gasteiger partial charge in [0.15, 0.2) is 0 Å². The van der Waals surface area contributed by atoms with Gasteiger partial charge < -0.3 is 10.0 Å². The lowest BCUT2D eigenvalue weighted by atomic mass is 9.99. The zero-order chi connectivity index (χ0) is 31.9. The predicted molar refractivity (Wildman–Crippen MR) is 159 cm³/mol. The largest absolute Gasteiger partial charge is 0.417 e. The van der Waals surface area contributed by atoms with E-state index in [0.29, 0.717) is 35.7 Å². The minimum absolute atomic E-state index is 0.0241. The highest BCUT2D eigenvalue weighted by molar-refractivity contribution is 7.99. The molecule has 1 N–H and O–H groups in total. The first kappa shape index (κ1) is 33.6. The van der Waals surface area contributed by atoms with Crippen LogP contribution in [0, 0.1) is 5.92 Å². The number of halogens is 5. The number of nitrogens with zero attached hydrogens (tertiary/aromatic N) is 5. The summed E-state index contributed by atoms with van der Waals surface area (Å²) in [5.74, 6) is -1.93. The molecule has 1 aromatic heterocycles. The van der Waals surface area contributed by atoms with Crippen molar-refractivity contribution in [3.63, 3.8) is 0 Å². The fourth-order valence-electron chi connectivity index (χ4n) is 6.24. The van der Waals surface area contributed by atoms with Crippen LogP contribution in [0.15, 0.2) is 23.1 Å². The van der Waals surface area contributed by atoms with Gasteiger partial charge in [-0.1, -0.05) is 13.0 Å². The highest BCUT2D eigenvalue weighted by Crippen LogP contribution is 2.40. The quantitative estimate of drug-likeness (QED) is 0.298. The number of sulfonamides is 1. The van der Waals surface area contributed by atoms with Gasteiger partial charge >= 0.3 is 6.18 Å². The van der Waals surface area contributed by atoms with E-state index in [1.807, 2.05) is 0 Å². The minimum Gasteiger partial charge on any atom is -0.390 e. The average molecular weight is 666 g/mol. The van der Waals surface area contributed by atoms with Crippen molar-refractivity contribution < 1.29 is 35.5 Å². The zero-order valence-corrected chi connectivity index (χ0v) is 26.6. The lowest BCUT2D eigenvalue weighted by Crippen LogP contribution is -2.40. The molecule has 0 bridgehead atoms. The Kier molecular flexibility index (Phi) is 10.0. The van der Waals surface area contributed by atoms with Crippen molar-refractivity contribution in [1.82, 2.24) is 23.9 Å². The highest BCUT2D eigenvalue weighted by Gasteiger charge is 2.38. The molecule has 1 aromatic carbocycles. The molecular formula is C29H40F5N5O3S2. The molecule has 2 fully saturated rings. The first-order chi connectivity index (χ1) is 20.6. The molecular weight excluding hydrogens is 625 g/mol. The molecule has 1 unspecified atom stereocenters. The third kappa shape index (κ3) is 8.13. The van der Waals surface area contributed by atoms with E-state index in [1.165, 1.54) is 16.4 Å². The fraction of sp³-hybridized carbons (Fsp3) is 0.690. The van der Waals surface area contributed by atoms with Crippen LogP contribution >= 0.6 is 11.8 Å². The first-order valence-corrected chi connectivity index (χ1v) is 17.8. The van der Waals surface area contributed by atoms with Crippen LogP contribution in [0.1, 0.15) is 43.0 Å². The maximum atomic E-state index is 14.0. The Morgan fingerprint density at radius 2 is 1.84 bits per heavy atom. The number of likely N-dealkylation sites (tertiary alicyclic amines) is 2. The topological polar surface area (TPSA) is 81.9 Å². The van der Waals surface area contributed by atoms with Crippen LogP contribution in [-0.4, -0.2) is 107 Å². The van der Waals surface area contributed by atoms with E-state index in [4.69, 9.17) is 5.10 Å². The van der Waals surface area contributed by atoms with Crippen LogP contribution in [0.25, 0.3) is 11.3 Å². The van der Waals surface area contributed by atoms with Gasteiger partial charge in [-0.3, -0.25) is 9.58 Å². The van der Waals surface area contributed by atoms with E-state index in [-0.39, 0.29) is 49.8 Å². The van der Waals surface area contributed by atoms with Crippen LogP contribution in [0.5, 0.6) is 0 Å². The van der Waals surface area contributed by atoms with Crippen LogP contribution in [0.2, 0.25) is 0 Å². The standard InChI is InChI=1S/C29H40F5N5O3S2/c1-20-5-9-36(10-6-20)16-22(40)17-39-25-7-11-38(44(2,41)42)18-23(25)27(35-39)21-3-4-24(29(32,33)34)26(15-21)43-14-13-37-12-8-28(30,31)19-37/h3-4,15,20,22,40H,5-14,16-19H2,1-2H3. The molecule has 2 aromatic rings. The molecule has 4 heterocycles. The summed E-state index contributed by atoms with van der Waals surface area (Å²) in [7, 11) is -3.54. The number of hydrogen-bond acceptors (Lipinski definition) is 7. The number of alkyl halides is 5. The summed E-state index contributed by atoms with van der Waals surface area (Å²) >= 11 is 0.956. The SMILES string of the molecule is CC1CCN(CC(O)Cn2nc(-c3ccc(C(F)(F)F)c(SCCN4CCC(F)(F)C4)c3)c3c2CCN(S(C)(=O)=O)C3)CC1. The lowest BCUT2D eigenvalue weighted by molar-refractivity contribution is -0.139. The summed E-state index contributed by atoms with van der Waals surface area (Å²) in [6.07, 6.45) is -2.01. The van der Waals surface area contributed by atoms with Gasteiger partial charge in [0.1, 0.15) is 0 Å². The lowest BCUT2D eigenvalue weighted by Gasteiger charge is -2.32.